The van der Waals surface area contributed by atoms with E-state index in [1.807, 2.05) is 35.2 Å². The Morgan fingerprint density at radius 2 is 2.05 bits per heavy atom. The fraction of sp³-hybridized carbons (Fsp3) is 0.400. The number of amides is 1. The summed E-state index contributed by atoms with van der Waals surface area (Å²) in [6, 6.07) is 7.61. The first-order valence-electron chi connectivity index (χ1n) is 6.59. The van der Waals surface area contributed by atoms with Gasteiger partial charge in [-0.1, -0.05) is 18.2 Å². The van der Waals surface area contributed by atoms with Crippen molar-refractivity contribution in [2.75, 3.05) is 32.7 Å². The van der Waals surface area contributed by atoms with E-state index in [2.05, 4.69) is 27.4 Å². The Morgan fingerprint density at radius 1 is 1.26 bits per heavy atom. The van der Waals surface area contributed by atoms with Gasteiger partial charge in [0.1, 0.15) is 0 Å². The first-order valence-corrected chi connectivity index (χ1v) is 7.38. The van der Waals surface area contributed by atoms with E-state index in [0.717, 1.165) is 49.2 Å². The number of carbonyl (C=O) groups is 1. The molecule has 2 rings (SSSR count). The second-order valence-electron chi connectivity index (χ2n) is 4.71. The molecule has 19 heavy (non-hydrogen) atoms. The summed E-state index contributed by atoms with van der Waals surface area (Å²) in [5, 5.41) is 0. The number of benzene rings is 1. The third kappa shape index (κ3) is 3.67. The molecule has 1 amide bonds. The fourth-order valence-electron chi connectivity index (χ4n) is 2.34. The van der Waals surface area contributed by atoms with Crippen LogP contribution in [0.2, 0.25) is 0 Å². The zero-order chi connectivity index (χ0) is 13.7. The minimum absolute atomic E-state index is 0.118. The van der Waals surface area contributed by atoms with Crippen LogP contribution in [0.4, 0.5) is 0 Å². The van der Waals surface area contributed by atoms with Crippen molar-refractivity contribution in [3.8, 4) is 0 Å². The van der Waals surface area contributed by atoms with Crippen molar-refractivity contribution >= 4 is 21.8 Å². The average molecular weight is 323 g/mol. The molecule has 1 aliphatic rings. The van der Waals surface area contributed by atoms with Crippen molar-refractivity contribution in [2.45, 2.75) is 6.42 Å². The minimum atomic E-state index is 0.118. The summed E-state index contributed by atoms with van der Waals surface area (Å²) in [7, 11) is 0. The molecule has 1 fully saturated rings. The van der Waals surface area contributed by atoms with Crippen molar-refractivity contribution in [3.05, 3.63) is 47.0 Å². The van der Waals surface area contributed by atoms with Gasteiger partial charge in [0.25, 0.3) is 5.91 Å². The first-order chi connectivity index (χ1) is 9.22. The summed E-state index contributed by atoms with van der Waals surface area (Å²) in [5.41, 5.74) is 0.750. The van der Waals surface area contributed by atoms with Crippen LogP contribution in [0.3, 0.4) is 0 Å². The third-order valence-corrected chi connectivity index (χ3v) is 4.06. The van der Waals surface area contributed by atoms with Gasteiger partial charge in [-0.2, -0.15) is 0 Å². The Labute approximate surface area is 123 Å². The molecule has 0 aliphatic carbocycles. The van der Waals surface area contributed by atoms with Crippen LogP contribution in [-0.4, -0.2) is 48.4 Å². The van der Waals surface area contributed by atoms with Crippen LogP contribution < -0.4 is 0 Å². The Morgan fingerprint density at radius 3 is 2.79 bits per heavy atom. The molecule has 0 radical (unpaired) electrons. The predicted molar refractivity (Wildman–Crippen MR) is 81.3 cm³/mol. The summed E-state index contributed by atoms with van der Waals surface area (Å²) in [5.74, 6) is 0.118. The van der Waals surface area contributed by atoms with Crippen LogP contribution in [-0.2, 0) is 0 Å². The quantitative estimate of drug-likeness (QED) is 0.799. The molecule has 1 aromatic carbocycles. The predicted octanol–water partition coefficient (Wildman–Crippen LogP) is 2.78. The molecule has 0 unspecified atom stereocenters. The molecule has 1 aliphatic heterocycles. The molecule has 3 nitrogen and oxygen atoms in total. The minimum Gasteiger partial charge on any atom is -0.337 e. The summed E-state index contributed by atoms with van der Waals surface area (Å²) in [6.45, 7) is 8.24. The highest BCUT2D eigenvalue weighted by Crippen LogP contribution is 2.18. The number of hydrogen-bond acceptors (Lipinski definition) is 2. The van der Waals surface area contributed by atoms with E-state index in [4.69, 9.17) is 0 Å². The number of rotatable bonds is 3. The number of hydrogen-bond donors (Lipinski definition) is 0. The van der Waals surface area contributed by atoms with Gasteiger partial charge in [-0.25, -0.2) is 0 Å². The Balaban J connectivity index is 2.04. The van der Waals surface area contributed by atoms with Gasteiger partial charge < -0.3 is 4.90 Å². The van der Waals surface area contributed by atoms with Gasteiger partial charge >= 0.3 is 0 Å². The van der Waals surface area contributed by atoms with Crippen LogP contribution >= 0.6 is 15.9 Å². The van der Waals surface area contributed by atoms with Gasteiger partial charge in [0.05, 0.1) is 5.56 Å². The van der Waals surface area contributed by atoms with Crippen LogP contribution in [0.15, 0.2) is 41.4 Å². The molecule has 0 atom stereocenters. The maximum Gasteiger partial charge on any atom is 0.255 e. The second kappa shape index (κ2) is 6.87. The average Bonchev–Trinajstić information content (AvgIpc) is 2.65. The van der Waals surface area contributed by atoms with E-state index in [-0.39, 0.29) is 5.91 Å². The van der Waals surface area contributed by atoms with Gasteiger partial charge in [0.15, 0.2) is 0 Å². The Kier molecular flexibility index (Phi) is 5.16. The van der Waals surface area contributed by atoms with Crippen LogP contribution in [0.1, 0.15) is 16.8 Å². The number of nitrogens with zero attached hydrogens (tertiary/aromatic N) is 2. The lowest BCUT2D eigenvalue weighted by Crippen LogP contribution is -2.35. The molecule has 0 N–H and O–H groups in total. The van der Waals surface area contributed by atoms with E-state index >= 15 is 0 Å². The van der Waals surface area contributed by atoms with E-state index < -0.39 is 0 Å². The highest BCUT2D eigenvalue weighted by molar-refractivity contribution is 9.10. The van der Waals surface area contributed by atoms with Gasteiger partial charge in [0, 0.05) is 37.2 Å². The fourth-order valence-corrected chi connectivity index (χ4v) is 2.80. The number of halogens is 1. The Bertz CT molecular complexity index is 461. The van der Waals surface area contributed by atoms with Crippen LogP contribution in [0.25, 0.3) is 0 Å². The van der Waals surface area contributed by atoms with E-state index in [0.29, 0.717) is 0 Å². The van der Waals surface area contributed by atoms with Gasteiger partial charge in [-0.15, -0.1) is 6.58 Å². The summed E-state index contributed by atoms with van der Waals surface area (Å²) < 4.78 is 0.868. The Hall–Kier alpha value is -1.13. The van der Waals surface area contributed by atoms with Crippen molar-refractivity contribution in [1.82, 2.24) is 9.80 Å². The molecular weight excluding hydrogens is 304 g/mol. The maximum atomic E-state index is 12.5. The SMILES string of the molecule is C=CCN1CCCN(C(=O)c2ccccc2Br)CC1. The summed E-state index contributed by atoms with van der Waals surface area (Å²) in [6.07, 6.45) is 2.94. The zero-order valence-corrected chi connectivity index (χ0v) is 12.6. The molecule has 1 aromatic rings. The lowest BCUT2D eigenvalue weighted by molar-refractivity contribution is 0.0761. The van der Waals surface area contributed by atoms with Gasteiger partial charge in [0.2, 0.25) is 0 Å². The monoisotopic (exact) mass is 322 g/mol. The van der Waals surface area contributed by atoms with E-state index in [9.17, 15) is 4.79 Å². The summed E-state index contributed by atoms with van der Waals surface area (Å²) >= 11 is 3.45. The molecular formula is C15H19BrN2O. The van der Waals surface area contributed by atoms with Crippen molar-refractivity contribution < 1.29 is 4.79 Å². The van der Waals surface area contributed by atoms with Crippen molar-refractivity contribution in [1.29, 1.82) is 0 Å². The third-order valence-electron chi connectivity index (χ3n) is 3.37. The molecule has 102 valence electrons. The highest BCUT2D eigenvalue weighted by Gasteiger charge is 2.20. The van der Waals surface area contributed by atoms with Crippen molar-refractivity contribution in [2.24, 2.45) is 0 Å². The number of carbonyl (C=O) groups excluding carboxylic acids is 1. The van der Waals surface area contributed by atoms with Gasteiger partial charge in [-0.3, -0.25) is 9.69 Å². The van der Waals surface area contributed by atoms with Crippen LogP contribution in [0.5, 0.6) is 0 Å². The molecule has 0 saturated carbocycles. The van der Waals surface area contributed by atoms with Crippen molar-refractivity contribution in [3.63, 3.8) is 0 Å². The van der Waals surface area contributed by atoms with Crippen LogP contribution in [0, 0.1) is 0 Å². The smallest absolute Gasteiger partial charge is 0.255 e. The standard InChI is InChI=1S/C15H19BrN2O/c1-2-8-17-9-5-10-18(12-11-17)15(19)13-6-3-4-7-14(13)16/h2-4,6-7H,1,5,8-12H2. The van der Waals surface area contributed by atoms with Gasteiger partial charge in [-0.05, 0) is 34.5 Å². The largest absolute Gasteiger partial charge is 0.337 e. The maximum absolute atomic E-state index is 12.5. The molecule has 4 heteroatoms. The molecule has 1 saturated heterocycles. The summed E-state index contributed by atoms with van der Waals surface area (Å²) in [4.78, 5) is 16.8. The normalized spacial score (nSPS) is 17.0. The van der Waals surface area contributed by atoms with E-state index in [1.165, 1.54) is 0 Å². The molecule has 0 bridgehead atoms. The zero-order valence-electron chi connectivity index (χ0n) is 11.0. The van der Waals surface area contributed by atoms with E-state index in [1.54, 1.807) is 0 Å². The molecule has 1 heterocycles. The molecule has 0 aromatic heterocycles. The lowest BCUT2D eigenvalue weighted by Gasteiger charge is -2.21. The topological polar surface area (TPSA) is 23.6 Å². The molecule has 0 spiro atoms. The highest BCUT2D eigenvalue weighted by atomic mass is 79.9. The first kappa shape index (κ1) is 14.3. The second-order valence-corrected chi connectivity index (χ2v) is 5.57. The lowest BCUT2D eigenvalue weighted by atomic mass is 10.2.